The number of nitrogens with one attached hydrogen (secondary N) is 1. The number of carbonyl (C=O) groups is 1. The molecule has 0 aromatic carbocycles. The van der Waals surface area contributed by atoms with Crippen LogP contribution in [0.2, 0.25) is 0 Å². The van der Waals surface area contributed by atoms with Gasteiger partial charge in [0.15, 0.2) is 0 Å². The van der Waals surface area contributed by atoms with Crippen molar-refractivity contribution in [1.29, 1.82) is 0 Å². The Hall–Kier alpha value is -0.690. The van der Waals surface area contributed by atoms with Crippen molar-refractivity contribution in [2.45, 2.75) is 91.4 Å². The van der Waals surface area contributed by atoms with Gasteiger partial charge < -0.3 is 15.8 Å². The summed E-state index contributed by atoms with van der Waals surface area (Å²) in [7, 11) is 0. The van der Waals surface area contributed by atoms with Gasteiger partial charge in [-0.1, -0.05) is 20.8 Å². The quantitative estimate of drug-likeness (QED) is 0.580. The molecule has 1 fully saturated rings. The van der Waals surface area contributed by atoms with Crippen molar-refractivity contribution in [3.63, 3.8) is 0 Å². The standard InChI is InChI=1S/C19H39N3O3/c1-16(2)10-14(20)11-19(7,12-16)13-22-15(23)18(5,6)24-9-8-17(3,4)25-21/h14H,8-13,20-21H2,1-7H3,(H,22,23). The highest BCUT2D eigenvalue weighted by Crippen LogP contribution is 2.45. The second-order valence-corrected chi connectivity index (χ2v) is 9.99. The molecule has 1 amide bonds. The minimum atomic E-state index is -0.895. The van der Waals surface area contributed by atoms with Crippen LogP contribution in [-0.2, 0) is 14.4 Å². The van der Waals surface area contributed by atoms with Crippen LogP contribution < -0.4 is 16.9 Å². The van der Waals surface area contributed by atoms with E-state index in [2.05, 4.69) is 26.1 Å². The number of rotatable bonds is 8. The van der Waals surface area contributed by atoms with Crippen LogP contribution in [0.3, 0.4) is 0 Å². The molecule has 5 N–H and O–H groups in total. The molecule has 2 unspecified atom stereocenters. The summed E-state index contributed by atoms with van der Waals surface area (Å²) in [4.78, 5) is 17.5. The first-order valence-corrected chi connectivity index (χ1v) is 9.26. The van der Waals surface area contributed by atoms with E-state index in [-0.39, 0.29) is 22.8 Å². The van der Waals surface area contributed by atoms with Gasteiger partial charge in [0, 0.05) is 19.0 Å². The molecule has 0 aromatic heterocycles. The van der Waals surface area contributed by atoms with Crippen LogP contribution in [0.4, 0.5) is 0 Å². The van der Waals surface area contributed by atoms with Gasteiger partial charge in [-0.05, 0) is 57.8 Å². The Morgan fingerprint density at radius 3 is 2.32 bits per heavy atom. The molecule has 0 aliphatic heterocycles. The highest BCUT2D eigenvalue weighted by atomic mass is 16.6. The minimum absolute atomic E-state index is 0.0162. The zero-order valence-electron chi connectivity index (χ0n) is 17.2. The average Bonchev–Trinajstić information content (AvgIpc) is 2.41. The zero-order chi connectivity index (χ0) is 19.5. The van der Waals surface area contributed by atoms with Crippen LogP contribution >= 0.6 is 0 Å². The summed E-state index contributed by atoms with van der Waals surface area (Å²) in [6.07, 6.45) is 3.63. The van der Waals surface area contributed by atoms with Crippen molar-refractivity contribution in [3.05, 3.63) is 0 Å². The third kappa shape index (κ3) is 7.21. The maximum Gasteiger partial charge on any atom is 0.251 e. The van der Waals surface area contributed by atoms with Crippen molar-refractivity contribution < 1.29 is 14.4 Å². The number of nitrogens with two attached hydrogens (primary N) is 2. The monoisotopic (exact) mass is 357 g/mol. The maximum atomic E-state index is 12.6. The lowest BCUT2D eigenvalue weighted by Crippen LogP contribution is -2.51. The molecule has 6 heteroatoms. The van der Waals surface area contributed by atoms with Crippen LogP contribution in [0, 0.1) is 10.8 Å². The molecule has 0 bridgehead atoms. The molecular weight excluding hydrogens is 318 g/mol. The number of carbonyl (C=O) groups excluding carboxylic acids is 1. The summed E-state index contributed by atoms with van der Waals surface area (Å²) >= 11 is 0. The van der Waals surface area contributed by atoms with E-state index < -0.39 is 11.2 Å². The van der Waals surface area contributed by atoms with E-state index in [1.165, 1.54) is 0 Å². The highest BCUT2D eigenvalue weighted by molar-refractivity contribution is 5.84. The van der Waals surface area contributed by atoms with Gasteiger partial charge in [0.25, 0.3) is 5.91 Å². The van der Waals surface area contributed by atoms with E-state index in [9.17, 15) is 4.79 Å². The van der Waals surface area contributed by atoms with Crippen LogP contribution in [0.25, 0.3) is 0 Å². The van der Waals surface area contributed by atoms with Crippen LogP contribution in [0.5, 0.6) is 0 Å². The molecule has 0 saturated heterocycles. The third-order valence-electron chi connectivity index (χ3n) is 5.18. The zero-order valence-corrected chi connectivity index (χ0v) is 17.2. The Balaban J connectivity index is 2.54. The summed E-state index contributed by atoms with van der Waals surface area (Å²) in [5, 5.41) is 3.08. The van der Waals surface area contributed by atoms with E-state index >= 15 is 0 Å². The van der Waals surface area contributed by atoms with Gasteiger partial charge in [-0.15, -0.1) is 0 Å². The molecule has 2 atom stereocenters. The predicted octanol–water partition coefficient (Wildman–Crippen LogP) is 2.50. The maximum absolute atomic E-state index is 12.6. The fourth-order valence-electron chi connectivity index (χ4n) is 4.03. The first-order chi connectivity index (χ1) is 11.2. The lowest BCUT2D eigenvalue weighted by atomic mass is 9.63. The summed E-state index contributed by atoms with van der Waals surface area (Å²) in [5.41, 5.74) is 5.10. The molecule has 0 radical (unpaired) electrons. The number of amides is 1. The van der Waals surface area contributed by atoms with Gasteiger partial charge in [-0.3, -0.25) is 9.63 Å². The lowest BCUT2D eigenvalue weighted by molar-refractivity contribution is -0.146. The number of ether oxygens (including phenoxy) is 1. The molecule has 6 nitrogen and oxygen atoms in total. The van der Waals surface area contributed by atoms with Gasteiger partial charge in [-0.2, -0.15) is 0 Å². The Labute approximate surface area is 153 Å². The molecule has 25 heavy (non-hydrogen) atoms. The Morgan fingerprint density at radius 1 is 1.20 bits per heavy atom. The molecule has 0 heterocycles. The van der Waals surface area contributed by atoms with Crippen molar-refractivity contribution in [1.82, 2.24) is 5.32 Å². The Kier molecular flexibility index (Phi) is 7.07. The lowest BCUT2D eigenvalue weighted by Gasteiger charge is -2.46. The topological polar surface area (TPSA) is 99.6 Å². The molecule has 0 aromatic rings. The normalized spacial score (nSPS) is 27.2. The Morgan fingerprint density at radius 2 is 1.80 bits per heavy atom. The number of hydrogen-bond donors (Lipinski definition) is 3. The first kappa shape index (κ1) is 22.4. The third-order valence-corrected chi connectivity index (χ3v) is 5.18. The molecule has 1 saturated carbocycles. The average molecular weight is 358 g/mol. The van der Waals surface area contributed by atoms with Crippen LogP contribution in [0.15, 0.2) is 0 Å². The minimum Gasteiger partial charge on any atom is -0.366 e. The molecule has 1 rings (SSSR count). The summed E-state index contributed by atoms with van der Waals surface area (Å²) in [5.74, 6) is 5.15. The van der Waals surface area contributed by atoms with Crippen molar-refractivity contribution in [2.24, 2.45) is 22.5 Å². The molecule has 0 spiro atoms. The fourth-order valence-corrected chi connectivity index (χ4v) is 4.03. The summed E-state index contributed by atoms with van der Waals surface area (Å²) in [6, 6.07) is 0.188. The van der Waals surface area contributed by atoms with Crippen molar-refractivity contribution in [3.8, 4) is 0 Å². The smallest absolute Gasteiger partial charge is 0.251 e. The van der Waals surface area contributed by atoms with Crippen molar-refractivity contribution >= 4 is 5.91 Å². The van der Waals surface area contributed by atoms with E-state index in [0.29, 0.717) is 19.6 Å². The van der Waals surface area contributed by atoms with E-state index in [1.807, 2.05) is 13.8 Å². The van der Waals surface area contributed by atoms with Crippen LogP contribution in [0.1, 0.15) is 74.1 Å². The summed E-state index contributed by atoms with van der Waals surface area (Å²) < 4.78 is 5.79. The summed E-state index contributed by atoms with van der Waals surface area (Å²) in [6.45, 7) is 15.1. The highest BCUT2D eigenvalue weighted by Gasteiger charge is 2.41. The first-order valence-electron chi connectivity index (χ1n) is 9.26. The predicted molar refractivity (Wildman–Crippen MR) is 101 cm³/mol. The Bertz CT molecular complexity index is 463. The van der Waals surface area contributed by atoms with Gasteiger partial charge in [0.1, 0.15) is 5.60 Å². The molecule has 148 valence electrons. The second kappa shape index (κ2) is 7.91. The van der Waals surface area contributed by atoms with Gasteiger partial charge >= 0.3 is 0 Å². The van der Waals surface area contributed by atoms with E-state index in [0.717, 1.165) is 19.3 Å². The van der Waals surface area contributed by atoms with E-state index in [4.69, 9.17) is 21.2 Å². The fraction of sp³-hybridized carbons (Fsp3) is 0.947. The molecule has 1 aliphatic rings. The van der Waals surface area contributed by atoms with E-state index in [1.54, 1.807) is 13.8 Å². The van der Waals surface area contributed by atoms with Crippen molar-refractivity contribution in [2.75, 3.05) is 13.2 Å². The molecule has 1 aliphatic carbocycles. The van der Waals surface area contributed by atoms with Gasteiger partial charge in [0.2, 0.25) is 0 Å². The van der Waals surface area contributed by atoms with Gasteiger partial charge in [0.05, 0.1) is 12.2 Å². The molecular formula is C19H39N3O3. The van der Waals surface area contributed by atoms with Gasteiger partial charge in [-0.25, -0.2) is 5.90 Å². The number of hydrogen-bond acceptors (Lipinski definition) is 5. The largest absolute Gasteiger partial charge is 0.366 e. The second-order valence-electron chi connectivity index (χ2n) is 9.99. The SMILES string of the molecule is CC1(C)CC(N)CC(C)(CNC(=O)C(C)(C)OCCC(C)(C)ON)C1. The van der Waals surface area contributed by atoms with Crippen LogP contribution in [-0.4, -0.2) is 36.3 Å².